The van der Waals surface area contributed by atoms with Crippen molar-refractivity contribution in [1.82, 2.24) is 9.80 Å². The summed E-state index contributed by atoms with van der Waals surface area (Å²) in [6.45, 7) is 3.42. The highest BCUT2D eigenvalue weighted by molar-refractivity contribution is 5.79. The van der Waals surface area contributed by atoms with Crippen LogP contribution < -0.4 is 5.73 Å². The Morgan fingerprint density at radius 2 is 1.77 bits per heavy atom. The number of fused-ring (bicyclic) bond motifs is 1. The molecule has 2 N–H and O–H groups in total. The van der Waals surface area contributed by atoms with Gasteiger partial charge in [0.05, 0.1) is 6.54 Å². The minimum Gasteiger partial charge on any atom is -0.369 e. The maximum atomic E-state index is 12.7. The van der Waals surface area contributed by atoms with Crippen LogP contribution >= 0.6 is 0 Å². The number of benzene rings is 1. The number of likely N-dealkylation sites (tertiary alicyclic amines) is 1. The van der Waals surface area contributed by atoms with Crippen LogP contribution in [0.2, 0.25) is 0 Å². The minimum atomic E-state index is -0.294. The number of piperidine rings is 1. The Labute approximate surface area is 131 Å². The van der Waals surface area contributed by atoms with E-state index < -0.39 is 0 Å². The van der Waals surface area contributed by atoms with Crippen molar-refractivity contribution in [3.8, 4) is 0 Å². The molecular formula is C17H23N3O2. The molecule has 1 fully saturated rings. The molecule has 0 spiro atoms. The molecule has 3 rings (SSSR count). The SMILES string of the molecule is NC(=O)CN1CCC(C(=O)N2CCc3ccccc3C2)CC1. The Morgan fingerprint density at radius 1 is 1.09 bits per heavy atom. The average molecular weight is 301 g/mol. The molecule has 2 aliphatic heterocycles. The molecule has 5 nitrogen and oxygen atoms in total. The van der Waals surface area contributed by atoms with Crippen LogP contribution in [-0.4, -0.2) is 47.8 Å². The van der Waals surface area contributed by atoms with Gasteiger partial charge in [-0.15, -0.1) is 0 Å². The molecule has 2 aliphatic rings. The average Bonchev–Trinajstić information content (AvgIpc) is 2.54. The van der Waals surface area contributed by atoms with Gasteiger partial charge in [0.25, 0.3) is 0 Å². The number of hydrogen-bond donors (Lipinski definition) is 1. The lowest BCUT2D eigenvalue weighted by Crippen LogP contribution is -2.45. The number of carbonyl (C=O) groups is 2. The Hall–Kier alpha value is -1.88. The third-order valence-electron chi connectivity index (χ3n) is 4.76. The van der Waals surface area contributed by atoms with Crippen LogP contribution in [0.4, 0.5) is 0 Å². The standard InChI is InChI=1S/C17H23N3O2/c18-16(21)12-19-8-5-14(6-9-19)17(22)20-10-7-13-3-1-2-4-15(13)11-20/h1-4,14H,5-12H2,(H2,18,21). The number of carbonyl (C=O) groups excluding carboxylic acids is 2. The van der Waals surface area contributed by atoms with Crippen molar-refractivity contribution < 1.29 is 9.59 Å². The van der Waals surface area contributed by atoms with E-state index in [9.17, 15) is 9.59 Å². The van der Waals surface area contributed by atoms with Gasteiger partial charge < -0.3 is 10.6 Å². The lowest BCUT2D eigenvalue weighted by Gasteiger charge is -2.35. The van der Waals surface area contributed by atoms with Crippen LogP contribution in [0.25, 0.3) is 0 Å². The predicted molar refractivity (Wildman–Crippen MR) is 83.9 cm³/mol. The van der Waals surface area contributed by atoms with E-state index in [2.05, 4.69) is 18.2 Å². The lowest BCUT2D eigenvalue weighted by atomic mass is 9.93. The summed E-state index contributed by atoms with van der Waals surface area (Å²) in [6, 6.07) is 8.36. The van der Waals surface area contributed by atoms with Crippen molar-refractivity contribution in [3.05, 3.63) is 35.4 Å². The Morgan fingerprint density at radius 3 is 2.45 bits per heavy atom. The smallest absolute Gasteiger partial charge is 0.231 e. The second-order valence-electron chi connectivity index (χ2n) is 6.30. The molecule has 2 heterocycles. The first-order chi connectivity index (χ1) is 10.6. The molecule has 1 aromatic rings. The molecule has 1 aromatic carbocycles. The predicted octanol–water partition coefficient (Wildman–Crippen LogP) is 0.769. The number of primary amides is 1. The largest absolute Gasteiger partial charge is 0.369 e. The molecule has 5 heteroatoms. The summed E-state index contributed by atoms with van der Waals surface area (Å²) in [4.78, 5) is 27.7. The number of rotatable bonds is 3. The Balaban J connectivity index is 1.56. The molecule has 2 amide bonds. The second kappa shape index (κ2) is 6.48. The third-order valence-corrected chi connectivity index (χ3v) is 4.76. The van der Waals surface area contributed by atoms with E-state index in [1.807, 2.05) is 15.9 Å². The van der Waals surface area contributed by atoms with E-state index in [1.165, 1.54) is 11.1 Å². The molecule has 0 unspecified atom stereocenters. The van der Waals surface area contributed by atoms with Gasteiger partial charge in [0.1, 0.15) is 0 Å². The van der Waals surface area contributed by atoms with Crippen LogP contribution in [0.15, 0.2) is 24.3 Å². The fraction of sp³-hybridized carbons (Fsp3) is 0.529. The lowest BCUT2D eigenvalue weighted by molar-refractivity contribution is -0.138. The monoisotopic (exact) mass is 301 g/mol. The molecular weight excluding hydrogens is 278 g/mol. The fourth-order valence-corrected chi connectivity index (χ4v) is 3.50. The molecule has 0 bridgehead atoms. The maximum Gasteiger partial charge on any atom is 0.231 e. The summed E-state index contributed by atoms with van der Waals surface area (Å²) < 4.78 is 0. The number of nitrogens with zero attached hydrogens (tertiary/aromatic N) is 2. The van der Waals surface area contributed by atoms with Gasteiger partial charge in [0, 0.05) is 19.0 Å². The van der Waals surface area contributed by atoms with Gasteiger partial charge in [-0.3, -0.25) is 14.5 Å². The van der Waals surface area contributed by atoms with Crippen molar-refractivity contribution >= 4 is 11.8 Å². The van der Waals surface area contributed by atoms with E-state index >= 15 is 0 Å². The molecule has 1 saturated heterocycles. The van der Waals surface area contributed by atoms with Crippen molar-refractivity contribution in [3.63, 3.8) is 0 Å². The number of nitrogens with two attached hydrogens (primary N) is 1. The van der Waals surface area contributed by atoms with Crippen molar-refractivity contribution in [1.29, 1.82) is 0 Å². The minimum absolute atomic E-state index is 0.0920. The summed E-state index contributed by atoms with van der Waals surface area (Å²) in [6.07, 6.45) is 2.59. The first kappa shape index (κ1) is 15.0. The first-order valence-electron chi connectivity index (χ1n) is 7.99. The molecule has 22 heavy (non-hydrogen) atoms. The summed E-state index contributed by atoms with van der Waals surface area (Å²) >= 11 is 0. The zero-order valence-corrected chi connectivity index (χ0v) is 12.8. The van der Waals surface area contributed by atoms with Crippen molar-refractivity contribution in [2.45, 2.75) is 25.8 Å². The van der Waals surface area contributed by atoms with Gasteiger partial charge in [0.15, 0.2) is 0 Å². The van der Waals surface area contributed by atoms with Gasteiger partial charge >= 0.3 is 0 Å². The van der Waals surface area contributed by atoms with Crippen LogP contribution in [0.5, 0.6) is 0 Å². The van der Waals surface area contributed by atoms with Crippen molar-refractivity contribution in [2.24, 2.45) is 11.7 Å². The Kier molecular flexibility index (Phi) is 4.43. The highest BCUT2D eigenvalue weighted by Gasteiger charge is 2.30. The van der Waals surface area contributed by atoms with Crippen LogP contribution in [0.3, 0.4) is 0 Å². The fourth-order valence-electron chi connectivity index (χ4n) is 3.50. The highest BCUT2D eigenvalue weighted by Crippen LogP contribution is 2.24. The molecule has 0 aliphatic carbocycles. The van der Waals surface area contributed by atoms with Gasteiger partial charge in [-0.25, -0.2) is 0 Å². The van der Waals surface area contributed by atoms with E-state index in [0.717, 1.165) is 45.4 Å². The second-order valence-corrected chi connectivity index (χ2v) is 6.30. The van der Waals surface area contributed by atoms with E-state index in [-0.39, 0.29) is 17.7 Å². The van der Waals surface area contributed by atoms with E-state index in [1.54, 1.807) is 0 Å². The van der Waals surface area contributed by atoms with Gasteiger partial charge in [-0.2, -0.15) is 0 Å². The Bertz CT molecular complexity index is 565. The number of hydrogen-bond acceptors (Lipinski definition) is 3. The summed E-state index contributed by atoms with van der Waals surface area (Å²) in [5.74, 6) is 0.0695. The van der Waals surface area contributed by atoms with Crippen molar-refractivity contribution in [2.75, 3.05) is 26.2 Å². The molecule has 0 atom stereocenters. The summed E-state index contributed by atoms with van der Waals surface area (Å²) in [5.41, 5.74) is 7.86. The summed E-state index contributed by atoms with van der Waals surface area (Å²) in [5, 5.41) is 0. The highest BCUT2D eigenvalue weighted by atomic mass is 16.2. The topological polar surface area (TPSA) is 66.6 Å². The third kappa shape index (κ3) is 3.30. The molecule has 0 radical (unpaired) electrons. The van der Waals surface area contributed by atoms with Gasteiger partial charge in [0.2, 0.25) is 11.8 Å². The maximum absolute atomic E-state index is 12.7. The molecule has 118 valence electrons. The van der Waals surface area contributed by atoms with E-state index in [4.69, 9.17) is 5.73 Å². The first-order valence-corrected chi connectivity index (χ1v) is 7.99. The zero-order chi connectivity index (χ0) is 15.5. The van der Waals surface area contributed by atoms with E-state index in [0.29, 0.717) is 6.54 Å². The van der Waals surface area contributed by atoms with Gasteiger partial charge in [-0.05, 0) is 43.5 Å². The quantitative estimate of drug-likeness (QED) is 0.896. The molecule has 0 saturated carbocycles. The van der Waals surface area contributed by atoms with Crippen LogP contribution in [0, 0.1) is 5.92 Å². The normalized spacial score (nSPS) is 19.7. The van der Waals surface area contributed by atoms with Gasteiger partial charge in [-0.1, -0.05) is 24.3 Å². The number of amides is 2. The van der Waals surface area contributed by atoms with Crippen LogP contribution in [-0.2, 0) is 22.6 Å². The molecule has 0 aromatic heterocycles. The zero-order valence-electron chi connectivity index (χ0n) is 12.8. The summed E-state index contributed by atoms with van der Waals surface area (Å²) in [7, 11) is 0. The van der Waals surface area contributed by atoms with Crippen LogP contribution in [0.1, 0.15) is 24.0 Å².